The van der Waals surface area contributed by atoms with E-state index in [1.54, 1.807) is 11.4 Å². The zero-order valence-corrected chi connectivity index (χ0v) is 22.8. The van der Waals surface area contributed by atoms with Gasteiger partial charge < -0.3 is 20.2 Å². The molecule has 3 N–H and O–H groups in total. The van der Waals surface area contributed by atoms with Crippen LogP contribution in [0.2, 0.25) is 18.1 Å². The Morgan fingerprint density at radius 1 is 1.39 bits per heavy atom. The number of hydrogen-bond donors (Lipinski definition) is 3. The van der Waals surface area contributed by atoms with Crippen LogP contribution in [0.1, 0.15) is 37.7 Å². The molecular formula is C21H30BrN5O4SSi. The molecule has 0 spiro atoms. The lowest BCUT2D eigenvalue weighted by atomic mass is 10.0. The van der Waals surface area contributed by atoms with Crippen LogP contribution in [0.5, 0.6) is 0 Å². The van der Waals surface area contributed by atoms with Gasteiger partial charge in [0.2, 0.25) is 0 Å². The number of aromatic nitrogens is 2. The maximum absolute atomic E-state index is 12.7. The summed E-state index contributed by atoms with van der Waals surface area (Å²) in [5, 5.41) is 17.9. The molecule has 0 radical (unpaired) electrons. The molecule has 2 aromatic heterocycles. The molecule has 2 aromatic rings. The lowest BCUT2D eigenvalue weighted by molar-refractivity contribution is 0.102. The number of amides is 2. The predicted molar refractivity (Wildman–Crippen MR) is 136 cm³/mol. The Hall–Kier alpha value is -1.86. The second-order valence-corrected chi connectivity index (χ2v) is 16.4. The maximum Gasteiger partial charge on any atom is 0.412 e. The molecule has 2 atom stereocenters. The SMILES string of the molecule is CC(C)(C)[Si](C)(C)OC1CCNCC1N(C(=O)O)c1ccncc1NC(=O)c1csc(Br)n1. The highest BCUT2D eigenvalue weighted by Gasteiger charge is 2.44. The van der Waals surface area contributed by atoms with Crippen LogP contribution in [0.3, 0.4) is 0 Å². The third-order valence-corrected chi connectivity index (χ3v) is 12.1. The fourth-order valence-corrected chi connectivity index (χ4v) is 5.80. The first-order valence-electron chi connectivity index (χ1n) is 10.7. The van der Waals surface area contributed by atoms with E-state index in [0.29, 0.717) is 28.3 Å². The molecule has 33 heavy (non-hydrogen) atoms. The third kappa shape index (κ3) is 5.99. The molecule has 0 aliphatic carbocycles. The first kappa shape index (κ1) is 25.8. The van der Waals surface area contributed by atoms with Crippen LogP contribution in [0.15, 0.2) is 27.8 Å². The van der Waals surface area contributed by atoms with Crippen molar-refractivity contribution in [2.24, 2.45) is 0 Å². The smallest absolute Gasteiger partial charge is 0.412 e. The van der Waals surface area contributed by atoms with Crippen LogP contribution in [0.25, 0.3) is 0 Å². The molecule has 0 bridgehead atoms. The van der Waals surface area contributed by atoms with Gasteiger partial charge in [0.25, 0.3) is 5.91 Å². The summed E-state index contributed by atoms with van der Waals surface area (Å²) >= 11 is 4.54. The first-order chi connectivity index (χ1) is 15.4. The summed E-state index contributed by atoms with van der Waals surface area (Å²) < 4.78 is 7.27. The third-order valence-electron chi connectivity index (χ3n) is 6.19. The van der Waals surface area contributed by atoms with Gasteiger partial charge in [-0.2, -0.15) is 0 Å². The number of hydrogen-bond acceptors (Lipinski definition) is 7. The summed E-state index contributed by atoms with van der Waals surface area (Å²) in [6.45, 7) is 12.0. The largest absolute Gasteiger partial charge is 0.465 e. The van der Waals surface area contributed by atoms with Gasteiger partial charge in [0.05, 0.1) is 29.7 Å². The standard InChI is InChI=1S/C21H30BrN5O4SSi/c1-21(2,3)33(4,5)31-17-7-9-24-11-16(17)27(20(29)30)15-6-8-23-10-13(15)25-18(28)14-12-32-19(22)26-14/h6,8,10,12,16-17,24H,7,9,11H2,1-5H3,(H,25,28)(H,29,30). The van der Waals surface area contributed by atoms with Crippen LogP contribution in [-0.2, 0) is 4.43 Å². The van der Waals surface area contributed by atoms with Crippen LogP contribution in [-0.4, -0.2) is 60.6 Å². The number of carboxylic acid groups (broad SMARTS) is 1. The van der Waals surface area contributed by atoms with Crippen molar-refractivity contribution < 1.29 is 19.1 Å². The number of thiazole rings is 1. The van der Waals surface area contributed by atoms with Crippen LogP contribution < -0.4 is 15.5 Å². The van der Waals surface area contributed by atoms with Crippen molar-refractivity contribution in [3.63, 3.8) is 0 Å². The minimum atomic E-state index is -2.14. The van der Waals surface area contributed by atoms with E-state index in [-0.39, 0.29) is 16.8 Å². The van der Waals surface area contributed by atoms with Crippen LogP contribution >= 0.6 is 27.3 Å². The number of carbonyl (C=O) groups is 2. The van der Waals surface area contributed by atoms with Crippen molar-refractivity contribution >= 4 is 59.0 Å². The molecule has 2 amide bonds. The quantitative estimate of drug-likeness (QED) is 0.438. The molecule has 1 saturated heterocycles. The molecule has 3 heterocycles. The fraction of sp³-hybridized carbons (Fsp3) is 0.524. The van der Waals surface area contributed by atoms with Crippen molar-refractivity contribution in [1.82, 2.24) is 15.3 Å². The summed E-state index contributed by atoms with van der Waals surface area (Å²) in [7, 11) is -2.14. The first-order valence-corrected chi connectivity index (χ1v) is 15.3. The van der Waals surface area contributed by atoms with Crippen molar-refractivity contribution in [2.75, 3.05) is 23.3 Å². The Labute approximate surface area is 207 Å². The van der Waals surface area contributed by atoms with Crippen molar-refractivity contribution in [3.8, 4) is 0 Å². The number of halogens is 1. The van der Waals surface area contributed by atoms with Gasteiger partial charge >= 0.3 is 6.09 Å². The monoisotopic (exact) mass is 555 g/mol. The minimum Gasteiger partial charge on any atom is -0.465 e. The van der Waals surface area contributed by atoms with Gasteiger partial charge in [-0.1, -0.05) is 20.8 Å². The lowest BCUT2D eigenvalue weighted by Gasteiger charge is -2.45. The van der Waals surface area contributed by atoms with Crippen LogP contribution in [0, 0.1) is 0 Å². The highest BCUT2D eigenvalue weighted by molar-refractivity contribution is 9.11. The zero-order chi connectivity index (χ0) is 24.4. The number of rotatable bonds is 6. The molecule has 0 saturated carbocycles. The minimum absolute atomic E-state index is 0.00586. The molecule has 0 aromatic carbocycles. The summed E-state index contributed by atoms with van der Waals surface area (Å²) in [6.07, 6.45) is 2.27. The number of nitrogens with one attached hydrogen (secondary N) is 2. The molecule has 1 fully saturated rings. The lowest BCUT2D eigenvalue weighted by Crippen LogP contribution is -2.60. The number of nitrogens with zero attached hydrogens (tertiary/aromatic N) is 3. The second kappa shape index (κ2) is 10.2. The molecule has 1 aliphatic rings. The molecule has 1 aliphatic heterocycles. The Bertz CT molecular complexity index is 1010. The van der Waals surface area contributed by atoms with Gasteiger partial charge in [0.15, 0.2) is 12.2 Å². The van der Waals surface area contributed by atoms with E-state index in [2.05, 4.69) is 70.4 Å². The van der Waals surface area contributed by atoms with Gasteiger partial charge in [-0.15, -0.1) is 11.3 Å². The van der Waals surface area contributed by atoms with E-state index in [4.69, 9.17) is 4.43 Å². The van der Waals surface area contributed by atoms with E-state index >= 15 is 0 Å². The van der Waals surface area contributed by atoms with E-state index in [9.17, 15) is 14.7 Å². The maximum atomic E-state index is 12.7. The number of pyridine rings is 1. The predicted octanol–water partition coefficient (Wildman–Crippen LogP) is 4.79. The van der Waals surface area contributed by atoms with Crippen molar-refractivity contribution in [1.29, 1.82) is 0 Å². The Balaban J connectivity index is 1.93. The van der Waals surface area contributed by atoms with Gasteiger partial charge in [-0.05, 0) is 53.1 Å². The average molecular weight is 557 g/mol. The summed E-state index contributed by atoms with van der Waals surface area (Å²) in [5.41, 5.74) is 0.880. The molecule has 3 rings (SSSR count). The van der Waals surface area contributed by atoms with Gasteiger partial charge in [-0.25, -0.2) is 9.78 Å². The number of piperidine rings is 1. The van der Waals surface area contributed by atoms with E-state index < -0.39 is 26.4 Å². The van der Waals surface area contributed by atoms with Gasteiger partial charge in [0.1, 0.15) is 5.69 Å². The summed E-state index contributed by atoms with van der Waals surface area (Å²) in [5.74, 6) is -0.438. The second-order valence-electron chi connectivity index (χ2n) is 9.46. The molecule has 12 heteroatoms. The topological polar surface area (TPSA) is 117 Å². The van der Waals surface area contributed by atoms with Crippen molar-refractivity contribution in [3.05, 3.63) is 33.5 Å². The van der Waals surface area contributed by atoms with Gasteiger partial charge in [-0.3, -0.25) is 14.7 Å². The van der Waals surface area contributed by atoms with Crippen molar-refractivity contribution in [2.45, 2.75) is 57.5 Å². The molecule has 180 valence electrons. The zero-order valence-electron chi connectivity index (χ0n) is 19.4. The van der Waals surface area contributed by atoms with E-state index in [1.807, 2.05) is 0 Å². The molecule has 9 nitrogen and oxygen atoms in total. The number of anilines is 2. The Morgan fingerprint density at radius 3 is 2.73 bits per heavy atom. The Kier molecular flexibility index (Phi) is 7.94. The highest BCUT2D eigenvalue weighted by atomic mass is 79.9. The normalized spacial score (nSPS) is 19.2. The average Bonchev–Trinajstić information content (AvgIpc) is 3.16. The fourth-order valence-electron chi connectivity index (χ4n) is 3.43. The summed E-state index contributed by atoms with van der Waals surface area (Å²) in [4.78, 5) is 34.7. The summed E-state index contributed by atoms with van der Waals surface area (Å²) in [6, 6.07) is 1.13. The molecular weight excluding hydrogens is 526 g/mol. The van der Waals surface area contributed by atoms with E-state index in [0.717, 1.165) is 6.54 Å². The van der Waals surface area contributed by atoms with Crippen LogP contribution in [0.4, 0.5) is 16.2 Å². The van der Waals surface area contributed by atoms with Gasteiger partial charge in [0, 0.05) is 18.1 Å². The van der Waals surface area contributed by atoms with E-state index in [1.165, 1.54) is 28.6 Å². The molecule has 2 unspecified atom stereocenters. The Morgan fingerprint density at radius 2 is 2.12 bits per heavy atom. The highest BCUT2D eigenvalue weighted by Crippen LogP contribution is 2.39. The number of carbonyl (C=O) groups excluding carboxylic acids is 1.